The molecule has 3 heterocycles. The zero-order valence-corrected chi connectivity index (χ0v) is 13.4. The summed E-state index contributed by atoms with van der Waals surface area (Å²) >= 11 is 7.37. The third kappa shape index (κ3) is 3.76. The first-order valence-corrected chi connectivity index (χ1v) is 8.30. The van der Waals surface area contributed by atoms with Crippen LogP contribution in [0.5, 0.6) is 0 Å². The fourth-order valence-electron chi connectivity index (χ4n) is 2.45. The maximum atomic E-state index is 12.0. The van der Waals surface area contributed by atoms with Crippen LogP contribution in [0.2, 0.25) is 4.34 Å². The van der Waals surface area contributed by atoms with Crippen LogP contribution in [0.3, 0.4) is 0 Å². The Morgan fingerprint density at radius 2 is 2.36 bits per heavy atom. The number of amides is 2. The number of carbonyl (C=O) groups is 1. The largest absolute Gasteiger partial charge is 0.373 e. The molecule has 2 unspecified atom stereocenters. The molecule has 0 radical (unpaired) electrons. The van der Waals surface area contributed by atoms with E-state index in [9.17, 15) is 4.79 Å². The Balaban J connectivity index is 1.56. The molecule has 0 saturated carbocycles. The van der Waals surface area contributed by atoms with E-state index in [-0.39, 0.29) is 18.2 Å². The first kappa shape index (κ1) is 15.3. The van der Waals surface area contributed by atoms with E-state index in [4.69, 9.17) is 16.3 Å². The van der Waals surface area contributed by atoms with Crippen LogP contribution in [0, 0.1) is 0 Å². The highest BCUT2D eigenvalue weighted by atomic mass is 35.5. The van der Waals surface area contributed by atoms with Crippen LogP contribution in [0.4, 0.5) is 10.5 Å². The van der Waals surface area contributed by atoms with E-state index in [1.54, 1.807) is 18.5 Å². The van der Waals surface area contributed by atoms with Gasteiger partial charge in [-0.1, -0.05) is 17.7 Å². The molecule has 1 saturated heterocycles. The van der Waals surface area contributed by atoms with Gasteiger partial charge in [-0.05, 0) is 35.9 Å². The Labute approximate surface area is 137 Å². The van der Waals surface area contributed by atoms with Crippen LogP contribution in [0.25, 0.3) is 0 Å². The number of hydrogen-bond acceptors (Lipinski definition) is 4. The number of pyridine rings is 1. The smallest absolute Gasteiger partial charge is 0.319 e. The lowest BCUT2D eigenvalue weighted by atomic mass is 9.99. The summed E-state index contributed by atoms with van der Waals surface area (Å²) in [5, 5.41) is 7.59. The van der Waals surface area contributed by atoms with Crippen molar-refractivity contribution in [3.63, 3.8) is 0 Å². The topological polar surface area (TPSA) is 63.2 Å². The van der Waals surface area contributed by atoms with E-state index in [0.29, 0.717) is 16.6 Å². The fraction of sp³-hybridized carbons (Fsp3) is 0.333. The van der Waals surface area contributed by atoms with Gasteiger partial charge in [0.25, 0.3) is 0 Å². The summed E-state index contributed by atoms with van der Waals surface area (Å²) < 4.78 is 6.35. The number of halogens is 1. The van der Waals surface area contributed by atoms with Gasteiger partial charge in [0.1, 0.15) is 4.34 Å². The molecule has 0 aliphatic carbocycles. The molecule has 0 aromatic carbocycles. The minimum absolute atomic E-state index is 0.0301. The number of anilines is 1. The molecule has 22 heavy (non-hydrogen) atoms. The highest BCUT2D eigenvalue weighted by Crippen LogP contribution is 2.29. The molecular weight excluding hydrogens is 322 g/mol. The summed E-state index contributed by atoms with van der Waals surface area (Å²) in [6.45, 7) is 0.615. The van der Waals surface area contributed by atoms with Crippen molar-refractivity contribution >= 4 is 34.7 Å². The van der Waals surface area contributed by atoms with E-state index >= 15 is 0 Å². The Kier molecular flexibility index (Phi) is 4.92. The molecule has 0 spiro atoms. The SMILES string of the molecule is O=C(Nc1ccsc1Cl)NC1CCOC(c2cccnc2)C1. The van der Waals surface area contributed by atoms with Crippen molar-refractivity contribution in [2.75, 3.05) is 11.9 Å². The third-order valence-corrected chi connectivity index (χ3v) is 4.71. The number of thiophene rings is 1. The predicted molar refractivity (Wildman–Crippen MR) is 87.4 cm³/mol. The average molecular weight is 338 g/mol. The molecule has 2 aromatic rings. The lowest BCUT2D eigenvalue weighted by Gasteiger charge is -2.30. The number of urea groups is 1. The minimum Gasteiger partial charge on any atom is -0.373 e. The second kappa shape index (κ2) is 7.09. The van der Waals surface area contributed by atoms with E-state index in [1.165, 1.54) is 11.3 Å². The van der Waals surface area contributed by atoms with Crippen molar-refractivity contribution in [3.05, 3.63) is 45.9 Å². The van der Waals surface area contributed by atoms with Crippen LogP contribution >= 0.6 is 22.9 Å². The van der Waals surface area contributed by atoms with E-state index in [2.05, 4.69) is 15.6 Å². The van der Waals surface area contributed by atoms with E-state index < -0.39 is 0 Å². The van der Waals surface area contributed by atoms with Gasteiger partial charge in [0.15, 0.2) is 0 Å². The van der Waals surface area contributed by atoms with Gasteiger partial charge in [-0.25, -0.2) is 4.79 Å². The lowest BCUT2D eigenvalue weighted by Crippen LogP contribution is -2.42. The van der Waals surface area contributed by atoms with Crippen molar-refractivity contribution in [3.8, 4) is 0 Å². The molecule has 116 valence electrons. The highest BCUT2D eigenvalue weighted by molar-refractivity contribution is 7.15. The number of nitrogens with one attached hydrogen (secondary N) is 2. The van der Waals surface area contributed by atoms with E-state index in [1.807, 2.05) is 17.5 Å². The zero-order chi connectivity index (χ0) is 15.4. The average Bonchev–Trinajstić information content (AvgIpc) is 2.93. The number of hydrogen-bond donors (Lipinski definition) is 2. The summed E-state index contributed by atoms with van der Waals surface area (Å²) in [4.78, 5) is 16.2. The number of carbonyl (C=O) groups excluding carboxylic acids is 1. The number of ether oxygens (including phenoxy) is 1. The van der Waals surface area contributed by atoms with Gasteiger partial charge in [-0.3, -0.25) is 4.98 Å². The number of rotatable bonds is 3. The van der Waals surface area contributed by atoms with Gasteiger partial charge in [0.2, 0.25) is 0 Å². The molecule has 0 bridgehead atoms. The summed E-state index contributed by atoms with van der Waals surface area (Å²) in [5.41, 5.74) is 1.68. The molecule has 7 heteroatoms. The van der Waals surface area contributed by atoms with Crippen molar-refractivity contribution in [1.29, 1.82) is 0 Å². The van der Waals surface area contributed by atoms with Gasteiger partial charge in [-0.15, -0.1) is 11.3 Å². The molecule has 3 rings (SSSR count). The normalized spacial score (nSPS) is 21.3. The van der Waals surface area contributed by atoms with Gasteiger partial charge in [0.05, 0.1) is 11.8 Å². The molecule has 5 nitrogen and oxygen atoms in total. The van der Waals surface area contributed by atoms with Crippen LogP contribution in [-0.2, 0) is 4.74 Å². The second-order valence-corrected chi connectivity index (χ2v) is 6.59. The maximum Gasteiger partial charge on any atom is 0.319 e. The second-order valence-electron chi connectivity index (χ2n) is 5.07. The molecule has 2 aromatic heterocycles. The molecule has 1 aliphatic heterocycles. The zero-order valence-electron chi connectivity index (χ0n) is 11.8. The summed E-state index contributed by atoms with van der Waals surface area (Å²) in [6.07, 6.45) is 5.04. The van der Waals surface area contributed by atoms with Gasteiger partial charge in [-0.2, -0.15) is 0 Å². The van der Waals surface area contributed by atoms with E-state index in [0.717, 1.165) is 18.4 Å². The Morgan fingerprint density at radius 1 is 1.45 bits per heavy atom. The van der Waals surface area contributed by atoms with Crippen molar-refractivity contribution in [2.24, 2.45) is 0 Å². The van der Waals surface area contributed by atoms with Gasteiger partial charge < -0.3 is 15.4 Å². The Hall–Kier alpha value is -1.63. The third-order valence-electron chi connectivity index (χ3n) is 3.54. The summed E-state index contributed by atoms with van der Waals surface area (Å²) in [5.74, 6) is 0. The van der Waals surface area contributed by atoms with Gasteiger partial charge >= 0.3 is 6.03 Å². The summed E-state index contributed by atoms with van der Waals surface area (Å²) in [6, 6.07) is 5.50. The summed E-state index contributed by atoms with van der Waals surface area (Å²) in [7, 11) is 0. The first-order valence-electron chi connectivity index (χ1n) is 7.04. The van der Waals surface area contributed by atoms with Crippen LogP contribution in [0.1, 0.15) is 24.5 Å². The van der Waals surface area contributed by atoms with Crippen molar-refractivity contribution < 1.29 is 9.53 Å². The van der Waals surface area contributed by atoms with Crippen molar-refractivity contribution in [1.82, 2.24) is 10.3 Å². The minimum atomic E-state index is -0.239. The first-order chi connectivity index (χ1) is 10.7. The number of nitrogens with zero attached hydrogens (tertiary/aromatic N) is 1. The molecule has 1 aliphatic rings. The van der Waals surface area contributed by atoms with Crippen LogP contribution in [0.15, 0.2) is 36.0 Å². The van der Waals surface area contributed by atoms with Gasteiger partial charge in [0, 0.05) is 25.0 Å². The predicted octanol–water partition coefficient (Wildman–Crippen LogP) is 3.84. The van der Waals surface area contributed by atoms with Crippen LogP contribution < -0.4 is 10.6 Å². The molecule has 2 atom stereocenters. The molecule has 2 amide bonds. The Morgan fingerprint density at radius 3 is 3.09 bits per heavy atom. The lowest BCUT2D eigenvalue weighted by molar-refractivity contribution is 0.00235. The molecule has 1 fully saturated rings. The molecular formula is C15H16ClN3O2S. The number of aromatic nitrogens is 1. The molecule has 2 N–H and O–H groups in total. The fourth-order valence-corrected chi connectivity index (χ4v) is 3.29. The van der Waals surface area contributed by atoms with Crippen molar-refractivity contribution in [2.45, 2.75) is 25.0 Å². The quantitative estimate of drug-likeness (QED) is 0.894. The maximum absolute atomic E-state index is 12.0. The highest BCUT2D eigenvalue weighted by Gasteiger charge is 2.25. The standard InChI is InChI=1S/C15H16ClN3O2S/c16-14-12(4-7-22-14)19-15(20)18-11-3-6-21-13(8-11)10-2-1-5-17-9-10/h1-2,4-5,7,9,11,13H,3,6,8H2,(H2,18,19,20). The monoisotopic (exact) mass is 337 g/mol. The van der Waals surface area contributed by atoms with Crippen LogP contribution in [-0.4, -0.2) is 23.7 Å². The Bertz CT molecular complexity index is 635.